The van der Waals surface area contributed by atoms with Crippen molar-refractivity contribution >= 4 is 37.1 Å². The molecule has 1 aliphatic rings. The van der Waals surface area contributed by atoms with E-state index in [1.54, 1.807) is 11.3 Å². The van der Waals surface area contributed by atoms with Crippen LogP contribution in [-0.4, -0.2) is 13.7 Å². The lowest BCUT2D eigenvalue weighted by Gasteiger charge is -2.06. The molecule has 0 atom stereocenters. The van der Waals surface area contributed by atoms with Crippen LogP contribution >= 0.6 is 11.3 Å². The average Bonchev–Trinajstić information content (AvgIpc) is 2.99. The Labute approximate surface area is 98.2 Å². The first-order valence-electron chi connectivity index (χ1n) is 5.14. The molecule has 1 aromatic carbocycles. The number of nitrogens with one attached hydrogen (secondary N) is 1. The molecular weight excluding hydrogens is 242 g/mol. The summed E-state index contributed by atoms with van der Waals surface area (Å²) in [6.45, 7) is 0. The molecule has 0 amide bonds. The Balaban J connectivity index is 1.94. The summed E-state index contributed by atoms with van der Waals surface area (Å²) in [7, 11) is -3.14. The van der Waals surface area contributed by atoms with Gasteiger partial charge >= 0.3 is 0 Å². The second-order valence-electron chi connectivity index (χ2n) is 4.02. The van der Waals surface area contributed by atoms with Crippen LogP contribution in [0.1, 0.15) is 12.8 Å². The Morgan fingerprint density at radius 3 is 2.81 bits per heavy atom. The highest BCUT2D eigenvalue weighted by atomic mass is 32.2. The van der Waals surface area contributed by atoms with Gasteiger partial charge in [-0.25, -0.2) is 8.42 Å². The zero-order valence-corrected chi connectivity index (χ0v) is 10.1. The molecular formula is C11H11NO2S2. The van der Waals surface area contributed by atoms with E-state index in [1.807, 2.05) is 29.6 Å². The third-order valence-electron chi connectivity index (χ3n) is 2.68. The van der Waals surface area contributed by atoms with Crippen molar-refractivity contribution in [3.05, 3.63) is 29.6 Å². The van der Waals surface area contributed by atoms with E-state index in [9.17, 15) is 8.42 Å². The van der Waals surface area contributed by atoms with Crippen LogP contribution in [0.5, 0.6) is 0 Å². The van der Waals surface area contributed by atoms with Crippen LogP contribution < -0.4 is 4.72 Å². The number of sulfonamides is 1. The van der Waals surface area contributed by atoms with Crippen molar-refractivity contribution < 1.29 is 8.42 Å². The van der Waals surface area contributed by atoms with Crippen LogP contribution in [-0.2, 0) is 10.0 Å². The fourth-order valence-corrected chi connectivity index (χ4v) is 3.81. The summed E-state index contributed by atoms with van der Waals surface area (Å²) in [5.41, 5.74) is 0.665. The maximum atomic E-state index is 11.7. The summed E-state index contributed by atoms with van der Waals surface area (Å²) in [4.78, 5) is 0. The number of fused-ring (bicyclic) bond motifs is 1. The van der Waals surface area contributed by atoms with Crippen LogP contribution in [0.4, 0.5) is 5.69 Å². The Morgan fingerprint density at radius 1 is 1.25 bits per heavy atom. The van der Waals surface area contributed by atoms with Gasteiger partial charge in [-0.1, -0.05) is 0 Å². The van der Waals surface area contributed by atoms with E-state index in [-0.39, 0.29) is 5.25 Å². The van der Waals surface area contributed by atoms with Gasteiger partial charge in [-0.2, -0.15) is 0 Å². The topological polar surface area (TPSA) is 46.2 Å². The second-order valence-corrected chi connectivity index (χ2v) is 6.93. The van der Waals surface area contributed by atoms with E-state index >= 15 is 0 Å². The number of rotatable bonds is 3. The molecule has 1 aromatic heterocycles. The zero-order chi connectivity index (χ0) is 11.2. The van der Waals surface area contributed by atoms with Gasteiger partial charge in [-0.05, 0) is 47.9 Å². The molecule has 1 aliphatic carbocycles. The molecule has 0 spiro atoms. The Kier molecular flexibility index (Phi) is 2.19. The minimum Gasteiger partial charge on any atom is -0.283 e. The third kappa shape index (κ3) is 1.81. The second kappa shape index (κ2) is 3.46. The van der Waals surface area contributed by atoms with Gasteiger partial charge in [0.25, 0.3) is 0 Å². The molecule has 0 saturated heterocycles. The number of hydrogen-bond acceptors (Lipinski definition) is 3. The molecule has 2 aromatic rings. The minimum absolute atomic E-state index is 0.175. The minimum atomic E-state index is -3.14. The highest BCUT2D eigenvalue weighted by Crippen LogP contribution is 2.31. The quantitative estimate of drug-likeness (QED) is 0.914. The van der Waals surface area contributed by atoms with Crippen LogP contribution in [0.3, 0.4) is 0 Å². The Hall–Kier alpha value is -1.07. The Morgan fingerprint density at radius 2 is 2.06 bits per heavy atom. The first-order valence-corrected chi connectivity index (χ1v) is 7.57. The van der Waals surface area contributed by atoms with Crippen molar-refractivity contribution in [2.75, 3.05) is 4.72 Å². The monoisotopic (exact) mass is 253 g/mol. The number of benzene rings is 1. The van der Waals surface area contributed by atoms with E-state index in [4.69, 9.17) is 0 Å². The van der Waals surface area contributed by atoms with Crippen molar-refractivity contribution in [2.45, 2.75) is 18.1 Å². The van der Waals surface area contributed by atoms with Crippen molar-refractivity contribution in [3.8, 4) is 0 Å². The van der Waals surface area contributed by atoms with Crippen LogP contribution in [0, 0.1) is 0 Å². The highest BCUT2D eigenvalue weighted by molar-refractivity contribution is 7.93. The molecule has 16 heavy (non-hydrogen) atoms. The van der Waals surface area contributed by atoms with Crippen LogP contribution in [0.25, 0.3) is 10.1 Å². The number of thiophene rings is 1. The molecule has 1 saturated carbocycles. The standard InChI is InChI=1S/C11H11NO2S2/c13-16(14,10-2-3-10)12-9-1-4-11-8(7-9)5-6-15-11/h1,4-7,10,12H,2-3H2. The Bertz CT molecular complexity index is 626. The largest absolute Gasteiger partial charge is 0.283 e. The maximum Gasteiger partial charge on any atom is 0.235 e. The molecule has 0 bridgehead atoms. The number of anilines is 1. The average molecular weight is 253 g/mol. The van der Waals surface area contributed by atoms with Gasteiger partial charge in [0.05, 0.1) is 5.25 Å². The number of hydrogen-bond donors (Lipinski definition) is 1. The zero-order valence-electron chi connectivity index (χ0n) is 8.51. The third-order valence-corrected chi connectivity index (χ3v) is 5.44. The van der Waals surface area contributed by atoms with Gasteiger partial charge < -0.3 is 0 Å². The lowest BCUT2D eigenvalue weighted by Crippen LogP contribution is -2.17. The summed E-state index contributed by atoms with van der Waals surface area (Å²) < 4.78 is 27.3. The fraction of sp³-hybridized carbons (Fsp3) is 0.273. The summed E-state index contributed by atoms with van der Waals surface area (Å²) in [6, 6.07) is 7.64. The summed E-state index contributed by atoms with van der Waals surface area (Å²) >= 11 is 1.66. The molecule has 1 heterocycles. The summed E-state index contributed by atoms with van der Waals surface area (Å²) in [6.07, 6.45) is 1.58. The predicted octanol–water partition coefficient (Wildman–Crippen LogP) is 2.81. The van der Waals surface area contributed by atoms with Crippen molar-refractivity contribution in [3.63, 3.8) is 0 Å². The molecule has 0 unspecified atom stereocenters. The molecule has 3 nitrogen and oxygen atoms in total. The van der Waals surface area contributed by atoms with E-state index in [1.165, 1.54) is 4.70 Å². The van der Waals surface area contributed by atoms with E-state index in [0.717, 1.165) is 18.2 Å². The predicted molar refractivity (Wildman–Crippen MR) is 67.4 cm³/mol. The molecule has 0 aliphatic heterocycles. The van der Waals surface area contributed by atoms with Gasteiger partial charge in [0.1, 0.15) is 0 Å². The van der Waals surface area contributed by atoms with Gasteiger partial charge in [0.15, 0.2) is 0 Å². The summed E-state index contributed by atoms with van der Waals surface area (Å²) in [5.74, 6) is 0. The molecule has 5 heteroatoms. The molecule has 84 valence electrons. The first-order chi connectivity index (χ1) is 7.65. The lowest BCUT2D eigenvalue weighted by molar-refractivity contribution is 0.600. The molecule has 3 rings (SSSR count). The molecule has 1 N–H and O–H groups in total. The lowest BCUT2D eigenvalue weighted by atomic mass is 10.2. The molecule has 1 fully saturated rings. The highest BCUT2D eigenvalue weighted by Gasteiger charge is 2.35. The smallest absolute Gasteiger partial charge is 0.235 e. The SMILES string of the molecule is O=S(=O)(Nc1ccc2sccc2c1)C1CC1. The summed E-state index contributed by atoms with van der Waals surface area (Å²) in [5, 5.41) is 2.91. The van der Waals surface area contributed by atoms with Gasteiger partial charge in [0, 0.05) is 10.4 Å². The van der Waals surface area contributed by atoms with Crippen molar-refractivity contribution in [1.29, 1.82) is 0 Å². The van der Waals surface area contributed by atoms with Crippen molar-refractivity contribution in [1.82, 2.24) is 0 Å². The first kappa shape index (κ1) is 10.1. The van der Waals surface area contributed by atoms with E-state index < -0.39 is 10.0 Å². The normalized spacial score (nSPS) is 16.5. The maximum absolute atomic E-state index is 11.7. The van der Waals surface area contributed by atoms with E-state index in [0.29, 0.717) is 5.69 Å². The molecule has 0 radical (unpaired) electrons. The fourth-order valence-electron chi connectivity index (χ4n) is 1.66. The van der Waals surface area contributed by atoms with Gasteiger partial charge in [-0.3, -0.25) is 4.72 Å². The van der Waals surface area contributed by atoms with Crippen molar-refractivity contribution in [2.24, 2.45) is 0 Å². The van der Waals surface area contributed by atoms with Crippen LogP contribution in [0.15, 0.2) is 29.6 Å². The van der Waals surface area contributed by atoms with Gasteiger partial charge in [0.2, 0.25) is 10.0 Å². The van der Waals surface area contributed by atoms with E-state index in [2.05, 4.69) is 4.72 Å². The van der Waals surface area contributed by atoms with Crippen LogP contribution in [0.2, 0.25) is 0 Å². The van der Waals surface area contributed by atoms with Gasteiger partial charge in [-0.15, -0.1) is 11.3 Å².